The highest BCUT2D eigenvalue weighted by Crippen LogP contribution is 2.40. The van der Waals surface area contributed by atoms with E-state index in [1.165, 1.54) is 18.3 Å². The minimum atomic E-state index is -0.702. The van der Waals surface area contributed by atoms with Crippen LogP contribution >= 0.6 is 11.6 Å². The molecule has 1 aromatic heterocycles. The summed E-state index contributed by atoms with van der Waals surface area (Å²) in [6.45, 7) is 1.78. The maximum Gasteiger partial charge on any atom is 0.343 e. The third-order valence-corrected chi connectivity index (χ3v) is 4.19. The molecule has 0 radical (unpaired) electrons. The van der Waals surface area contributed by atoms with Crippen molar-refractivity contribution >= 4 is 23.5 Å². The van der Waals surface area contributed by atoms with Crippen LogP contribution in [-0.4, -0.2) is 28.6 Å². The van der Waals surface area contributed by atoms with Crippen molar-refractivity contribution in [2.45, 2.75) is 19.3 Å². The molecule has 3 rings (SSSR count). The monoisotopic (exact) mass is 363 g/mol. The number of aromatic hydroxyl groups is 1. The average Bonchev–Trinajstić information content (AvgIpc) is 2.57. The molecule has 1 aromatic carbocycles. The lowest BCUT2D eigenvalue weighted by Crippen LogP contribution is -2.30. The number of nitrogens with one attached hydrogen (secondary N) is 1. The maximum atomic E-state index is 12.4. The number of H-pyrrole nitrogens is 1. The first-order valence-corrected chi connectivity index (χ1v) is 7.92. The first-order valence-electron chi connectivity index (χ1n) is 7.54. The van der Waals surface area contributed by atoms with E-state index < -0.39 is 23.4 Å². The molecule has 0 spiro atoms. The van der Waals surface area contributed by atoms with Crippen LogP contribution in [0.2, 0.25) is 5.02 Å². The van der Waals surface area contributed by atoms with Crippen LogP contribution in [0.1, 0.15) is 40.7 Å². The number of aromatic nitrogens is 1. The number of pyridine rings is 1. The van der Waals surface area contributed by atoms with Crippen molar-refractivity contribution in [2.24, 2.45) is 0 Å². The summed E-state index contributed by atoms with van der Waals surface area (Å²) < 4.78 is 10.1. The SMILES string of the molecule is CCOC(=O)c1c[nH]c(=O)c2c1OC(=O)C[C@@H]2c1ccc(O)c(Cl)c1. The van der Waals surface area contributed by atoms with E-state index in [1.807, 2.05) is 0 Å². The van der Waals surface area contributed by atoms with Crippen molar-refractivity contribution in [3.05, 3.63) is 56.5 Å². The molecular weight excluding hydrogens is 350 g/mol. The van der Waals surface area contributed by atoms with Crippen LogP contribution in [0, 0.1) is 0 Å². The third-order valence-electron chi connectivity index (χ3n) is 3.89. The number of ether oxygens (including phenoxy) is 2. The molecule has 7 nitrogen and oxygen atoms in total. The van der Waals surface area contributed by atoms with Gasteiger partial charge in [-0.05, 0) is 24.6 Å². The van der Waals surface area contributed by atoms with Crippen molar-refractivity contribution in [2.75, 3.05) is 6.61 Å². The van der Waals surface area contributed by atoms with E-state index in [0.717, 1.165) is 0 Å². The maximum absolute atomic E-state index is 12.4. The lowest BCUT2D eigenvalue weighted by Gasteiger charge is -2.25. The minimum Gasteiger partial charge on any atom is -0.506 e. The molecule has 25 heavy (non-hydrogen) atoms. The summed E-state index contributed by atoms with van der Waals surface area (Å²) in [5.74, 6) is -2.16. The second-order valence-electron chi connectivity index (χ2n) is 5.44. The fourth-order valence-corrected chi connectivity index (χ4v) is 2.95. The number of esters is 2. The lowest BCUT2D eigenvalue weighted by atomic mass is 9.86. The van der Waals surface area contributed by atoms with Gasteiger partial charge in [-0.3, -0.25) is 9.59 Å². The Morgan fingerprint density at radius 1 is 1.44 bits per heavy atom. The van der Waals surface area contributed by atoms with E-state index in [9.17, 15) is 19.5 Å². The van der Waals surface area contributed by atoms with E-state index in [2.05, 4.69) is 4.98 Å². The van der Waals surface area contributed by atoms with Crippen LogP contribution in [0.5, 0.6) is 11.5 Å². The molecule has 2 N–H and O–H groups in total. The lowest BCUT2D eigenvalue weighted by molar-refractivity contribution is -0.135. The molecule has 0 amide bonds. The third kappa shape index (κ3) is 3.10. The Kier molecular flexibility index (Phi) is 4.50. The van der Waals surface area contributed by atoms with Crippen molar-refractivity contribution in [1.82, 2.24) is 4.98 Å². The quantitative estimate of drug-likeness (QED) is 0.811. The van der Waals surface area contributed by atoms with Crippen molar-refractivity contribution < 1.29 is 24.2 Å². The minimum absolute atomic E-state index is 0.0284. The van der Waals surface area contributed by atoms with Crippen LogP contribution in [0.25, 0.3) is 0 Å². The highest BCUT2D eigenvalue weighted by molar-refractivity contribution is 6.32. The Morgan fingerprint density at radius 3 is 2.88 bits per heavy atom. The van der Waals surface area contributed by atoms with Gasteiger partial charge in [0, 0.05) is 12.1 Å². The number of halogens is 1. The molecule has 8 heteroatoms. The highest BCUT2D eigenvalue weighted by atomic mass is 35.5. The molecule has 0 saturated carbocycles. The molecule has 0 aliphatic carbocycles. The van der Waals surface area contributed by atoms with Gasteiger partial charge in [0.1, 0.15) is 11.3 Å². The molecule has 2 heterocycles. The van der Waals surface area contributed by atoms with Crippen LogP contribution < -0.4 is 10.3 Å². The zero-order valence-electron chi connectivity index (χ0n) is 13.2. The zero-order chi connectivity index (χ0) is 18.1. The largest absolute Gasteiger partial charge is 0.506 e. The Balaban J connectivity index is 2.18. The Bertz CT molecular complexity index is 920. The molecule has 0 fully saturated rings. The van der Waals surface area contributed by atoms with Gasteiger partial charge in [-0.2, -0.15) is 0 Å². The topological polar surface area (TPSA) is 106 Å². The van der Waals surface area contributed by atoms with Crippen molar-refractivity contribution in [3.63, 3.8) is 0 Å². The van der Waals surface area contributed by atoms with Gasteiger partial charge in [-0.25, -0.2) is 4.79 Å². The number of hydrogen-bond donors (Lipinski definition) is 2. The van der Waals surface area contributed by atoms with Gasteiger partial charge < -0.3 is 19.6 Å². The number of carbonyl (C=O) groups excluding carboxylic acids is 2. The molecule has 0 bridgehead atoms. The summed E-state index contributed by atoms with van der Waals surface area (Å²) in [5, 5.41) is 9.66. The number of rotatable bonds is 3. The second-order valence-corrected chi connectivity index (χ2v) is 5.84. The Hall–Kier alpha value is -2.80. The summed E-state index contributed by atoms with van der Waals surface area (Å²) in [6, 6.07) is 4.41. The van der Waals surface area contributed by atoms with E-state index in [0.29, 0.717) is 5.56 Å². The molecule has 1 aliphatic rings. The van der Waals surface area contributed by atoms with Gasteiger partial charge in [0.15, 0.2) is 5.75 Å². The normalized spacial score (nSPS) is 16.1. The molecule has 0 unspecified atom stereocenters. The molecule has 1 atom stereocenters. The van der Waals surface area contributed by atoms with E-state index in [1.54, 1.807) is 13.0 Å². The van der Waals surface area contributed by atoms with E-state index in [-0.39, 0.29) is 40.7 Å². The van der Waals surface area contributed by atoms with Crippen molar-refractivity contribution in [1.29, 1.82) is 0 Å². The fraction of sp³-hybridized carbons (Fsp3) is 0.235. The number of aromatic amines is 1. The number of carbonyl (C=O) groups is 2. The van der Waals surface area contributed by atoms with Crippen LogP contribution in [0.4, 0.5) is 0 Å². The van der Waals surface area contributed by atoms with Gasteiger partial charge in [-0.1, -0.05) is 17.7 Å². The average molecular weight is 364 g/mol. The first kappa shape index (κ1) is 17.0. The predicted molar refractivity (Wildman–Crippen MR) is 88.2 cm³/mol. The van der Waals surface area contributed by atoms with E-state index in [4.69, 9.17) is 21.1 Å². The summed E-state index contributed by atoms with van der Waals surface area (Å²) in [7, 11) is 0. The molecule has 2 aromatic rings. The second kappa shape index (κ2) is 6.60. The summed E-state index contributed by atoms with van der Waals surface area (Å²) in [6.07, 6.45) is 1.07. The van der Waals surface area contributed by atoms with Gasteiger partial charge >= 0.3 is 11.9 Å². The molecule has 130 valence electrons. The Morgan fingerprint density at radius 2 is 2.20 bits per heavy atom. The van der Waals surface area contributed by atoms with Gasteiger partial charge in [-0.15, -0.1) is 0 Å². The van der Waals surface area contributed by atoms with Crippen LogP contribution in [0.3, 0.4) is 0 Å². The number of phenolic OH excluding ortho intramolecular Hbond substituents is 1. The smallest absolute Gasteiger partial charge is 0.343 e. The fourth-order valence-electron chi connectivity index (χ4n) is 2.76. The number of benzene rings is 1. The van der Waals surface area contributed by atoms with Crippen molar-refractivity contribution in [3.8, 4) is 11.5 Å². The zero-order valence-corrected chi connectivity index (χ0v) is 13.9. The number of hydrogen-bond acceptors (Lipinski definition) is 6. The Labute approximate surface area is 147 Å². The van der Waals surface area contributed by atoms with E-state index >= 15 is 0 Å². The van der Waals surface area contributed by atoms with Crippen LogP contribution in [-0.2, 0) is 9.53 Å². The van der Waals surface area contributed by atoms with Gasteiger partial charge in [0.2, 0.25) is 0 Å². The van der Waals surface area contributed by atoms with Gasteiger partial charge in [0.05, 0.1) is 23.6 Å². The van der Waals surface area contributed by atoms with Crippen LogP contribution in [0.15, 0.2) is 29.2 Å². The number of fused-ring (bicyclic) bond motifs is 1. The summed E-state index contributed by atoms with van der Waals surface area (Å²) in [4.78, 5) is 39.0. The summed E-state index contributed by atoms with van der Waals surface area (Å²) >= 11 is 5.93. The predicted octanol–water partition coefficient (Wildman–Crippen LogP) is 2.35. The standard InChI is InChI=1S/C17H14ClNO6/c1-2-24-17(23)10-7-19-16(22)14-9(6-13(21)25-15(10)14)8-3-4-12(20)11(18)5-8/h3-5,7,9,20H,2,6H2,1H3,(H,19,22)/t9-/m1/s1. The summed E-state index contributed by atoms with van der Waals surface area (Å²) in [5.41, 5.74) is 0.184. The highest BCUT2D eigenvalue weighted by Gasteiger charge is 2.35. The van der Waals surface area contributed by atoms with Gasteiger partial charge in [0.25, 0.3) is 5.56 Å². The number of phenols is 1. The molecular formula is C17H14ClNO6. The molecule has 0 saturated heterocycles. The molecule has 1 aliphatic heterocycles. The first-order chi connectivity index (χ1) is 11.9.